The van der Waals surface area contributed by atoms with E-state index in [1.54, 1.807) is 69.2 Å². The van der Waals surface area contributed by atoms with Crippen LogP contribution in [-0.2, 0) is 14.2 Å². The third-order valence-corrected chi connectivity index (χ3v) is 4.53. The molecule has 1 saturated carbocycles. The molecule has 0 heterocycles. The largest absolute Gasteiger partial charge is 0.444 e. The van der Waals surface area contributed by atoms with Gasteiger partial charge in [0.25, 0.3) is 0 Å². The maximum absolute atomic E-state index is 13.1. The molecule has 0 bridgehead atoms. The highest BCUT2D eigenvalue weighted by atomic mass is 16.6. The van der Waals surface area contributed by atoms with E-state index in [0.717, 1.165) is 17.7 Å². The summed E-state index contributed by atoms with van der Waals surface area (Å²) in [7, 11) is 0. The Bertz CT molecular complexity index is 613. The van der Waals surface area contributed by atoms with E-state index in [9.17, 15) is 14.4 Å². The Balaban J connectivity index is 3.28. The van der Waals surface area contributed by atoms with Gasteiger partial charge in [-0.05, 0) is 82.1 Å². The SMILES string of the molecule is CC(C)(C)OC(=O)N[C@@H]1CCCC[C@@]1(C)N(C(=O)OC(C)(C)C)C(=O)OC(C)(C)C. The van der Waals surface area contributed by atoms with Crippen LogP contribution in [0.3, 0.4) is 0 Å². The van der Waals surface area contributed by atoms with Crippen LogP contribution in [0.4, 0.5) is 14.4 Å². The molecule has 1 aliphatic carbocycles. The van der Waals surface area contributed by atoms with Gasteiger partial charge >= 0.3 is 18.3 Å². The third kappa shape index (κ3) is 8.03. The monoisotopic (exact) mass is 428 g/mol. The Hall–Kier alpha value is -1.99. The normalized spacial score (nSPS) is 22.7. The molecule has 0 spiro atoms. The van der Waals surface area contributed by atoms with E-state index in [1.807, 2.05) is 0 Å². The second kappa shape index (κ2) is 9.02. The lowest BCUT2D eigenvalue weighted by molar-refractivity contribution is -0.0368. The molecule has 0 aromatic rings. The van der Waals surface area contributed by atoms with E-state index in [2.05, 4.69) is 5.32 Å². The fourth-order valence-corrected chi connectivity index (χ4v) is 3.37. The molecule has 8 nitrogen and oxygen atoms in total. The minimum Gasteiger partial charge on any atom is -0.444 e. The summed E-state index contributed by atoms with van der Waals surface area (Å²) >= 11 is 0. The van der Waals surface area contributed by atoms with E-state index in [-0.39, 0.29) is 0 Å². The topological polar surface area (TPSA) is 94.2 Å². The minimum atomic E-state index is -1.03. The molecule has 1 N–H and O–H groups in total. The lowest BCUT2D eigenvalue weighted by atomic mass is 9.77. The second-order valence-corrected chi connectivity index (χ2v) is 11.1. The molecular formula is C22H40N2O6. The van der Waals surface area contributed by atoms with Gasteiger partial charge in [0.05, 0.1) is 11.6 Å². The molecule has 0 radical (unpaired) electrons. The molecule has 0 aliphatic heterocycles. The van der Waals surface area contributed by atoms with Crippen molar-refractivity contribution >= 4 is 18.3 Å². The van der Waals surface area contributed by atoms with Crippen molar-refractivity contribution in [1.82, 2.24) is 10.2 Å². The molecule has 30 heavy (non-hydrogen) atoms. The molecular weight excluding hydrogens is 388 g/mol. The zero-order valence-corrected chi connectivity index (χ0v) is 20.3. The second-order valence-electron chi connectivity index (χ2n) is 11.1. The zero-order valence-electron chi connectivity index (χ0n) is 20.3. The minimum absolute atomic E-state index is 0.499. The number of nitrogens with zero attached hydrogens (tertiary/aromatic N) is 1. The zero-order chi connectivity index (χ0) is 23.5. The number of hydrogen-bond donors (Lipinski definition) is 1. The predicted octanol–water partition coefficient (Wildman–Crippen LogP) is 5.38. The van der Waals surface area contributed by atoms with Gasteiger partial charge in [-0.3, -0.25) is 0 Å². The van der Waals surface area contributed by atoms with Crippen molar-refractivity contribution in [2.24, 2.45) is 0 Å². The standard InChI is InChI=1S/C22H40N2O6/c1-19(2,3)28-16(25)23-15-13-11-12-14-22(15,10)24(17(26)29-20(4,5)6)18(27)30-21(7,8)9/h15H,11-14H2,1-10H3,(H,23,25)/t15-,22-/m1/s1. The Labute approximate surface area is 181 Å². The highest BCUT2D eigenvalue weighted by Crippen LogP contribution is 2.36. The van der Waals surface area contributed by atoms with Gasteiger partial charge in [0.2, 0.25) is 0 Å². The number of ether oxygens (including phenoxy) is 3. The van der Waals surface area contributed by atoms with Crippen LogP contribution in [0.25, 0.3) is 0 Å². The van der Waals surface area contributed by atoms with Gasteiger partial charge in [-0.1, -0.05) is 12.8 Å². The van der Waals surface area contributed by atoms with Crippen molar-refractivity contribution in [1.29, 1.82) is 0 Å². The first-order valence-electron chi connectivity index (χ1n) is 10.6. The highest BCUT2D eigenvalue weighted by Gasteiger charge is 2.50. The summed E-state index contributed by atoms with van der Waals surface area (Å²) in [5, 5.41) is 2.86. The van der Waals surface area contributed by atoms with Crippen LogP contribution in [-0.4, -0.2) is 51.6 Å². The van der Waals surface area contributed by atoms with Crippen LogP contribution in [0.15, 0.2) is 0 Å². The van der Waals surface area contributed by atoms with Crippen molar-refractivity contribution in [3.8, 4) is 0 Å². The van der Waals surface area contributed by atoms with E-state index >= 15 is 0 Å². The number of imide groups is 1. The molecule has 0 aromatic heterocycles. The fourth-order valence-electron chi connectivity index (χ4n) is 3.37. The van der Waals surface area contributed by atoms with Crippen molar-refractivity contribution in [2.75, 3.05) is 0 Å². The van der Waals surface area contributed by atoms with Gasteiger partial charge in [0, 0.05) is 0 Å². The van der Waals surface area contributed by atoms with Crippen molar-refractivity contribution in [3.63, 3.8) is 0 Å². The first kappa shape index (κ1) is 26.0. The Morgan fingerprint density at radius 1 is 0.800 bits per heavy atom. The molecule has 2 atom stereocenters. The predicted molar refractivity (Wildman–Crippen MR) is 114 cm³/mol. The first-order valence-corrected chi connectivity index (χ1v) is 10.6. The smallest absolute Gasteiger partial charge is 0.420 e. The molecule has 1 fully saturated rings. The summed E-state index contributed by atoms with van der Waals surface area (Å²) in [4.78, 5) is 39.7. The Morgan fingerprint density at radius 2 is 1.23 bits per heavy atom. The van der Waals surface area contributed by atoms with Crippen LogP contribution in [0.5, 0.6) is 0 Å². The molecule has 8 heteroatoms. The summed E-state index contributed by atoms with van der Waals surface area (Å²) < 4.78 is 16.5. The van der Waals surface area contributed by atoms with E-state index < -0.39 is 46.7 Å². The lowest BCUT2D eigenvalue weighted by Crippen LogP contribution is -2.66. The molecule has 1 aliphatic rings. The number of amides is 3. The molecule has 3 amide bonds. The number of carbonyl (C=O) groups excluding carboxylic acids is 3. The maximum atomic E-state index is 13.1. The number of hydrogen-bond acceptors (Lipinski definition) is 6. The molecule has 174 valence electrons. The summed E-state index contributed by atoms with van der Waals surface area (Å²) in [6.07, 6.45) is 0.574. The maximum Gasteiger partial charge on any atom is 0.420 e. The van der Waals surface area contributed by atoms with Gasteiger partial charge in [-0.25, -0.2) is 19.3 Å². The Morgan fingerprint density at radius 3 is 1.63 bits per heavy atom. The summed E-state index contributed by atoms with van der Waals surface area (Å²) in [6, 6.07) is -0.499. The summed E-state index contributed by atoms with van der Waals surface area (Å²) in [5.41, 5.74) is -3.28. The van der Waals surface area contributed by atoms with Crippen LogP contribution in [0.1, 0.15) is 94.9 Å². The number of rotatable bonds is 2. The number of nitrogens with one attached hydrogen (secondary N) is 1. The summed E-state index contributed by atoms with van der Waals surface area (Å²) in [5.74, 6) is 0. The van der Waals surface area contributed by atoms with Crippen LogP contribution < -0.4 is 5.32 Å². The van der Waals surface area contributed by atoms with Crippen molar-refractivity contribution < 1.29 is 28.6 Å². The Kier molecular flexibility index (Phi) is 7.83. The highest BCUT2D eigenvalue weighted by molar-refractivity contribution is 5.89. The lowest BCUT2D eigenvalue weighted by Gasteiger charge is -2.47. The average molecular weight is 429 g/mol. The van der Waals surface area contributed by atoms with Crippen LogP contribution >= 0.6 is 0 Å². The van der Waals surface area contributed by atoms with Gasteiger partial charge < -0.3 is 19.5 Å². The molecule has 0 unspecified atom stereocenters. The fraction of sp³-hybridized carbons (Fsp3) is 0.864. The first-order chi connectivity index (χ1) is 13.3. The molecule has 1 rings (SSSR count). The van der Waals surface area contributed by atoms with E-state index in [4.69, 9.17) is 14.2 Å². The van der Waals surface area contributed by atoms with E-state index in [1.165, 1.54) is 0 Å². The quantitative estimate of drug-likeness (QED) is 0.593. The van der Waals surface area contributed by atoms with Crippen molar-refractivity contribution in [3.05, 3.63) is 0 Å². The molecule has 0 aromatic carbocycles. The van der Waals surface area contributed by atoms with Gasteiger partial charge in [0.1, 0.15) is 16.8 Å². The van der Waals surface area contributed by atoms with Crippen LogP contribution in [0, 0.1) is 0 Å². The van der Waals surface area contributed by atoms with Crippen LogP contribution in [0.2, 0.25) is 0 Å². The van der Waals surface area contributed by atoms with Crippen molar-refractivity contribution in [2.45, 2.75) is 123 Å². The summed E-state index contributed by atoms with van der Waals surface area (Å²) in [6.45, 7) is 17.5. The van der Waals surface area contributed by atoms with Gasteiger partial charge in [-0.2, -0.15) is 0 Å². The van der Waals surface area contributed by atoms with Gasteiger partial charge in [-0.15, -0.1) is 0 Å². The number of alkyl carbamates (subject to hydrolysis) is 1. The third-order valence-electron chi connectivity index (χ3n) is 4.53. The van der Waals surface area contributed by atoms with E-state index in [0.29, 0.717) is 12.8 Å². The molecule has 0 saturated heterocycles. The van der Waals surface area contributed by atoms with Gasteiger partial charge in [0.15, 0.2) is 0 Å². The average Bonchev–Trinajstić information content (AvgIpc) is 2.43. The number of carbonyl (C=O) groups is 3.